The molecule has 0 bridgehead atoms. The summed E-state index contributed by atoms with van der Waals surface area (Å²) >= 11 is 0. The van der Waals surface area contributed by atoms with Crippen LogP contribution < -0.4 is 5.32 Å². The second kappa shape index (κ2) is 8.90. The van der Waals surface area contributed by atoms with Crippen molar-refractivity contribution in [3.63, 3.8) is 0 Å². The lowest BCUT2D eigenvalue weighted by molar-refractivity contribution is 0.111. The van der Waals surface area contributed by atoms with Crippen LogP contribution in [0.1, 0.15) is 20.8 Å². The van der Waals surface area contributed by atoms with E-state index in [1.807, 2.05) is 0 Å². The molecule has 4 nitrogen and oxygen atoms in total. The molecule has 1 rings (SSSR count). The van der Waals surface area contributed by atoms with Crippen LogP contribution >= 0.6 is 0 Å². The smallest absolute Gasteiger partial charge is 0.0217 e. The predicted molar refractivity (Wildman–Crippen MR) is 83.7 cm³/mol. The molecule has 0 radical (unpaired) electrons. The van der Waals surface area contributed by atoms with E-state index in [9.17, 15) is 0 Å². The topological polar surface area (TPSA) is 21.8 Å². The first-order valence-corrected chi connectivity index (χ1v) is 7.85. The van der Waals surface area contributed by atoms with Crippen molar-refractivity contribution in [3.8, 4) is 0 Å². The van der Waals surface area contributed by atoms with Crippen LogP contribution in [0.25, 0.3) is 0 Å². The summed E-state index contributed by atoms with van der Waals surface area (Å²) in [5, 5.41) is 3.62. The number of hydrogen-bond donors (Lipinski definition) is 1. The molecule has 1 saturated heterocycles. The number of nitrogens with one attached hydrogen (secondary N) is 1. The maximum atomic E-state index is 3.62. The highest BCUT2D eigenvalue weighted by Gasteiger charge is 2.21. The van der Waals surface area contributed by atoms with Gasteiger partial charge < -0.3 is 10.2 Å². The van der Waals surface area contributed by atoms with Crippen LogP contribution in [0.15, 0.2) is 0 Å². The Morgan fingerprint density at radius 2 is 1.63 bits per heavy atom. The zero-order chi connectivity index (χ0) is 14.3. The standard InChI is InChI=1S/C15H34N4/c1-6-16-15(14(2)3)13-19-11-9-18(10-12-19)8-7-17(4)5/h14-16H,6-13H2,1-5H3. The fraction of sp³-hybridized carbons (Fsp3) is 1.00. The highest BCUT2D eigenvalue weighted by atomic mass is 15.3. The van der Waals surface area contributed by atoms with Gasteiger partial charge >= 0.3 is 0 Å². The second-order valence-electron chi connectivity index (χ2n) is 6.35. The summed E-state index contributed by atoms with van der Waals surface area (Å²) in [6.07, 6.45) is 0. The van der Waals surface area contributed by atoms with Gasteiger partial charge in [-0.1, -0.05) is 20.8 Å². The first-order valence-electron chi connectivity index (χ1n) is 7.85. The number of piperazine rings is 1. The summed E-state index contributed by atoms with van der Waals surface area (Å²) in [5.74, 6) is 0.715. The molecule has 1 unspecified atom stereocenters. The van der Waals surface area contributed by atoms with Crippen molar-refractivity contribution in [2.75, 3.05) is 66.5 Å². The number of likely N-dealkylation sites (N-methyl/N-ethyl adjacent to an activating group) is 2. The highest BCUT2D eigenvalue weighted by Crippen LogP contribution is 2.07. The van der Waals surface area contributed by atoms with Crippen LogP contribution in [0.2, 0.25) is 0 Å². The van der Waals surface area contributed by atoms with Gasteiger partial charge in [0, 0.05) is 51.9 Å². The third kappa shape index (κ3) is 6.70. The Hall–Kier alpha value is -0.160. The van der Waals surface area contributed by atoms with Gasteiger partial charge in [-0.3, -0.25) is 9.80 Å². The van der Waals surface area contributed by atoms with Crippen molar-refractivity contribution >= 4 is 0 Å². The zero-order valence-corrected chi connectivity index (χ0v) is 13.7. The average molecular weight is 270 g/mol. The molecule has 19 heavy (non-hydrogen) atoms. The molecular formula is C15H34N4. The van der Waals surface area contributed by atoms with Gasteiger partial charge in [0.2, 0.25) is 0 Å². The minimum atomic E-state index is 0.637. The summed E-state index contributed by atoms with van der Waals surface area (Å²) in [6.45, 7) is 16.4. The molecule has 0 aliphatic carbocycles. The molecular weight excluding hydrogens is 236 g/mol. The van der Waals surface area contributed by atoms with Gasteiger partial charge in [0.05, 0.1) is 0 Å². The minimum Gasteiger partial charge on any atom is -0.313 e. The van der Waals surface area contributed by atoms with E-state index in [4.69, 9.17) is 0 Å². The van der Waals surface area contributed by atoms with Crippen molar-refractivity contribution in [3.05, 3.63) is 0 Å². The molecule has 114 valence electrons. The Morgan fingerprint density at radius 1 is 1.05 bits per heavy atom. The molecule has 1 aliphatic heterocycles. The van der Waals surface area contributed by atoms with E-state index in [-0.39, 0.29) is 0 Å². The SMILES string of the molecule is CCNC(CN1CCN(CCN(C)C)CC1)C(C)C. The minimum absolute atomic E-state index is 0.637. The quantitative estimate of drug-likeness (QED) is 0.704. The molecule has 4 heteroatoms. The van der Waals surface area contributed by atoms with Crippen LogP contribution in [0.5, 0.6) is 0 Å². The van der Waals surface area contributed by atoms with E-state index in [0.29, 0.717) is 12.0 Å². The fourth-order valence-electron chi connectivity index (χ4n) is 2.59. The summed E-state index contributed by atoms with van der Waals surface area (Å²) in [4.78, 5) is 7.49. The van der Waals surface area contributed by atoms with Gasteiger partial charge in [0.25, 0.3) is 0 Å². The van der Waals surface area contributed by atoms with Crippen molar-refractivity contribution in [2.24, 2.45) is 5.92 Å². The Balaban J connectivity index is 2.25. The summed E-state index contributed by atoms with van der Waals surface area (Å²) in [7, 11) is 4.31. The van der Waals surface area contributed by atoms with E-state index in [1.54, 1.807) is 0 Å². The van der Waals surface area contributed by atoms with Crippen molar-refractivity contribution in [1.82, 2.24) is 20.0 Å². The maximum absolute atomic E-state index is 3.62. The second-order valence-corrected chi connectivity index (χ2v) is 6.35. The Labute approximate surface area is 120 Å². The van der Waals surface area contributed by atoms with Gasteiger partial charge in [-0.15, -0.1) is 0 Å². The van der Waals surface area contributed by atoms with E-state index < -0.39 is 0 Å². The first kappa shape index (κ1) is 16.9. The van der Waals surface area contributed by atoms with Crippen molar-refractivity contribution in [1.29, 1.82) is 0 Å². The molecule has 0 aromatic carbocycles. The third-order valence-electron chi connectivity index (χ3n) is 4.05. The van der Waals surface area contributed by atoms with Gasteiger partial charge in [-0.2, -0.15) is 0 Å². The Bertz CT molecular complexity index is 222. The molecule has 1 heterocycles. The van der Waals surface area contributed by atoms with Crippen LogP contribution in [0.4, 0.5) is 0 Å². The largest absolute Gasteiger partial charge is 0.313 e. The predicted octanol–water partition coefficient (Wildman–Crippen LogP) is 0.800. The molecule has 1 atom stereocenters. The zero-order valence-electron chi connectivity index (χ0n) is 13.7. The summed E-state index contributed by atoms with van der Waals surface area (Å²) in [5.41, 5.74) is 0. The lowest BCUT2D eigenvalue weighted by Gasteiger charge is -2.37. The van der Waals surface area contributed by atoms with Gasteiger partial charge in [-0.25, -0.2) is 0 Å². The van der Waals surface area contributed by atoms with Crippen LogP contribution in [0, 0.1) is 5.92 Å². The first-order chi connectivity index (χ1) is 9.02. The van der Waals surface area contributed by atoms with E-state index in [0.717, 1.165) is 6.54 Å². The molecule has 1 aliphatic rings. The monoisotopic (exact) mass is 270 g/mol. The molecule has 0 amide bonds. The van der Waals surface area contributed by atoms with Gasteiger partial charge in [0.1, 0.15) is 0 Å². The molecule has 0 saturated carbocycles. The molecule has 0 aromatic heterocycles. The van der Waals surface area contributed by atoms with Crippen molar-refractivity contribution < 1.29 is 0 Å². The number of rotatable bonds is 8. The van der Waals surface area contributed by atoms with E-state index >= 15 is 0 Å². The average Bonchev–Trinajstić information content (AvgIpc) is 2.37. The normalized spacial score (nSPS) is 20.4. The van der Waals surface area contributed by atoms with Crippen LogP contribution in [-0.2, 0) is 0 Å². The summed E-state index contributed by atoms with van der Waals surface area (Å²) < 4.78 is 0. The summed E-state index contributed by atoms with van der Waals surface area (Å²) in [6, 6.07) is 0.637. The maximum Gasteiger partial charge on any atom is 0.0217 e. The van der Waals surface area contributed by atoms with Crippen LogP contribution in [0.3, 0.4) is 0 Å². The number of nitrogens with zero attached hydrogens (tertiary/aromatic N) is 3. The fourth-order valence-corrected chi connectivity index (χ4v) is 2.59. The van der Waals surface area contributed by atoms with E-state index in [1.165, 1.54) is 45.8 Å². The van der Waals surface area contributed by atoms with Gasteiger partial charge in [0.15, 0.2) is 0 Å². The highest BCUT2D eigenvalue weighted by molar-refractivity contribution is 4.79. The molecule has 0 spiro atoms. The third-order valence-corrected chi connectivity index (χ3v) is 4.05. The van der Waals surface area contributed by atoms with E-state index in [2.05, 4.69) is 54.9 Å². The molecule has 0 aromatic rings. The Morgan fingerprint density at radius 3 is 2.11 bits per heavy atom. The van der Waals surface area contributed by atoms with Crippen LogP contribution in [-0.4, -0.2) is 87.2 Å². The molecule has 1 N–H and O–H groups in total. The lowest BCUT2D eigenvalue weighted by Crippen LogP contribution is -2.52. The number of hydrogen-bond acceptors (Lipinski definition) is 4. The molecule has 1 fully saturated rings. The Kier molecular flexibility index (Phi) is 7.91. The lowest BCUT2D eigenvalue weighted by atomic mass is 10.0. The van der Waals surface area contributed by atoms with Gasteiger partial charge in [-0.05, 0) is 26.6 Å². The van der Waals surface area contributed by atoms with Crippen molar-refractivity contribution in [2.45, 2.75) is 26.8 Å².